The molecule has 0 saturated heterocycles. The zero-order valence-electron chi connectivity index (χ0n) is 37.4. The number of fused-ring (bicyclic) bond motifs is 18. The number of rotatable bonds is 4. The predicted octanol–water partition coefficient (Wildman–Crippen LogP) is 17.4. The van der Waals surface area contributed by atoms with Crippen molar-refractivity contribution in [1.29, 1.82) is 0 Å². The molecule has 0 bridgehead atoms. The minimum absolute atomic E-state index is 0.175. The maximum Gasteiger partial charge on any atom is 0.159 e. The fourth-order valence-corrected chi connectivity index (χ4v) is 13.2. The van der Waals surface area contributed by atoms with Crippen molar-refractivity contribution in [3.63, 3.8) is 0 Å². The Bertz CT molecular complexity index is 3570. The van der Waals surface area contributed by atoms with E-state index in [1.807, 2.05) is 0 Å². The predicted molar refractivity (Wildman–Crippen MR) is 274 cm³/mol. The van der Waals surface area contributed by atoms with Gasteiger partial charge in [-0.2, -0.15) is 0 Å². The first-order valence-corrected chi connectivity index (χ1v) is 24.0. The molecule has 1 heterocycles. The molecule has 1 aromatic heterocycles. The van der Waals surface area contributed by atoms with Gasteiger partial charge in [0.1, 0.15) is 5.58 Å². The standard InChI is InChI=1S/C64H49NO/c1-63(2)52-30-12-8-25-47(52)48-38-37-41(39-57(48)63)65(59-36-17-29-50-49-28-16-27-42(61(49)66-62(50)59)40-19-4-3-5-20-40)58-35-18-34-56-60(58)51-26-11-15-33-55(51)64(56)53-31-13-9-23-45(53)43-21-6-7-22-44(43)46-24-10-14-32-54(46)64/h6-18,21-40H,3-5,19-20H2,1-2H3. The molecule has 1 spiro atoms. The first-order valence-electron chi connectivity index (χ1n) is 24.0. The highest BCUT2D eigenvalue weighted by molar-refractivity contribution is 6.12. The van der Waals surface area contributed by atoms with E-state index in [2.05, 4.69) is 213 Å². The van der Waals surface area contributed by atoms with Crippen LogP contribution >= 0.6 is 0 Å². The second-order valence-electron chi connectivity index (χ2n) is 19.7. The van der Waals surface area contributed by atoms with E-state index in [-0.39, 0.29) is 5.41 Å². The van der Waals surface area contributed by atoms with E-state index in [1.165, 1.54) is 121 Å². The van der Waals surface area contributed by atoms with E-state index in [1.54, 1.807) is 0 Å². The van der Waals surface area contributed by atoms with Crippen molar-refractivity contribution < 1.29 is 4.42 Å². The van der Waals surface area contributed by atoms with Gasteiger partial charge in [-0.15, -0.1) is 0 Å². The lowest BCUT2D eigenvalue weighted by atomic mass is 9.66. The first kappa shape index (κ1) is 37.9. The molecular formula is C64H49NO. The molecule has 1 saturated carbocycles. The Balaban J connectivity index is 1.09. The number of para-hydroxylation sites is 2. The average Bonchev–Trinajstić information content (AvgIpc) is 3.96. The Morgan fingerprint density at radius 3 is 1.59 bits per heavy atom. The van der Waals surface area contributed by atoms with Crippen LogP contribution in [0.15, 0.2) is 199 Å². The number of furan rings is 1. The quantitative estimate of drug-likeness (QED) is 0.175. The Kier molecular flexibility index (Phi) is 8.06. The smallest absolute Gasteiger partial charge is 0.159 e. The summed E-state index contributed by atoms with van der Waals surface area (Å²) in [5, 5.41) is 2.36. The summed E-state index contributed by atoms with van der Waals surface area (Å²) in [5.41, 5.74) is 24.1. The molecule has 0 amide bonds. The van der Waals surface area contributed by atoms with Gasteiger partial charge in [0.05, 0.1) is 16.8 Å². The highest BCUT2D eigenvalue weighted by Gasteiger charge is 2.51. The van der Waals surface area contributed by atoms with Crippen LogP contribution in [-0.4, -0.2) is 0 Å². The van der Waals surface area contributed by atoms with Crippen molar-refractivity contribution in [1.82, 2.24) is 0 Å². The molecule has 0 aliphatic heterocycles. The number of anilines is 3. The molecule has 4 aliphatic rings. The topological polar surface area (TPSA) is 16.4 Å². The van der Waals surface area contributed by atoms with Crippen LogP contribution in [0.5, 0.6) is 0 Å². The van der Waals surface area contributed by atoms with Gasteiger partial charge in [-0.3, -0.25) is 0 Å². The van der Waals surface area contributed by atoms with Crippen molar-refractivity contribution in [3.05, 3.63) is 233 Å². The van der Waals surface area contributed by atoms with Crippen LogP contribution in [0, 0.1) is 0 Å². The molecule has 9 aromatic carbocycles. The second kappa shape index (κ2) is 14.0. The van der Waals surface area contributed by atoms with Gasteiger partial charge in [-0.05, 0) is 121 Å². The average molecular weight is 848 g/mol. The van der Waals surface area contributed by atoms with Gasteiger partial charge in [0.15, 0.2) is 5.58 Å². The van der Waals surface area contributed by atoms with E-state index >= 15 is 0 Å². The number of benzene rings is 9. The van der Waals surface area contributed by atoms with Crippen LogP contribution in [-0.2, 0) is 10.8 Å². The molecule has 316 valence electrons. The summed E-state index contributed by atoms with van der Waals surface area (Å²) < 4.78 is 7.38. The molecule has 0 radical (unpaired) electrons. The van der Waals surface area contributed by atoms with Gasteiger partial charge in [0, 0.05) is 27.4 Å². The lowest BCUT2D eigenvalue weighted by Gasteiger charge is -2.36. The van der Waals surface area contributed by atoms with E-state index < -0.39 is 5.41 Å². The Morgan fingerprint density at radius 2 is 0.909 bits per heavy atom. The summed E-state index contributed by atoms with van der Waals surface area (Å²) >= 11 is 0. The maximum atomic E-state index is 7.38. The Hall–Kier alpha value is -7.42. The molecule has 14 rings (SSSR count). The van der Waals surface area contributed by atoms with E-state index in [4.69, 9.17) is 4.42 Å². The van der Waals surface area contributed by atoms with Gasteiger partial charge in [0.25, 0.3) is 0 Å². The van der Waals surface area contributed by atoms with Crippen molar-refractivity contribution >= 4 is 39.0 Å². The normalized spacial score (nSPS) is 15.9. The summed E-state index contributed by atoms with van der Waals surface area (Å²) in [4.78, 5) is 2.54. The van der Waals surface area contributed by atoms with Gasteiger partial charge in [-0.1, -0.05) is 203 Å². The molecule has 0 N–H and O–H groups in total. The summed E-state index contributed by atoms with van der Waals surface area (Å²) in [6, 6.07) is 73.5. The fourth-order valence-electron chi connectivity index (χ4n) is 13.2. The van der Waals surface area contributed by atoms with Crippen LogP contribution in [0.1, 0.15) is 90.8 Å². The van der Waals surface area contributed by atoms with Crippen LogP contribution < -0.4 is 4.90 Å². The molecule has 0 unspecified atom stereocenters. The van der Waals surface area contributed by atoms with E-state index in [9.17, 15) is 0 Å². The third kappa shape index (κ3) is 5.02. The van der Waals surface area contributed by atoms with Crippen molar-refractivity contribution in [2.24, 2.45) is 0 Å². The van der Waals surface area contributed by atoms with Gasteiger partial charge >= 0.3 is 0 Å². The lowest BCUT2D eigenvalue weighted by Crippen LogP contribution is -2.29. The Labute approximate surface area is 386 Å². The lowest BCUT2D eigenvalue weighted by molar-refractivity contribution is 0.442. The molecule has 1 fully saturated rings. The minimum atomic E-state index is -0.596. The minimum Gasteiger partial charge on any atom is -0.454 e. The molecule has 4 aliphatic carbocycles. The Morgan fingerprint density at radius 1 is 0.409 bits per heavy atom. The van der Waals surface area contributed by atoms with Crippen molar-refractivity contribution in [2.75, 3.05) is 4.90 Å². The third-order valence-electron chi connectivity index (χ3n) is 16.1. The number of nitrogens with zero attached hydrogens (tertiary/aromatic N) is 1. The van der Waals surface area contributed by atoms with Gasteiger partial charge in [-0.25, -0.2) is 0 Å². The highest BCUT2D eigenvalue weighted by atomic mass is 16.3. The van der Waals surface area contributed by atoms with Crippen molar-refractivity contribution in [3.8, 4) is 44.5 Å². The van der Waals surface area contributed by atoms with E-state index in [0.29, 0.717) is 5.92 Å². The molecule has 10 aromatic rings. The van der Waals surface area contributed by atoms with Crippen LogP contribution in [0.2, 0.25) is 0 Å². The van der Waals surface area contributed by atoms with Crippen LogP contribution in [0.3, 0.4) is 0 Å². The summed E-state index contributed by atoms with van der Waals surface area (Å²) in [6.45, 7) is 4.77. The fraction of sp³-hybridized carbons (Fsp3) is 0.156. The summed E-state index contributed by atoms with van der Waals surface area (Å²) in [6.07, 6.45) is 6.32. The third-order valence-corrected chi connectivity index (χ3v) is 16.1. The molecule has 2 nitrogen and oxygen atoms in total. The van der Waals surface area contributed by atoms with Crippen LogP contribution in [0.25, 0.3) is 66.4 Å². The number of hydrogen-bond donors (Lipinski definition) is 0. The zero-order chi connectivity index (χ0) is 43.7. The van der Waals surface area contributed by atoms with Gasteiger partial charge < -0.3 is 9.32 Å². The molecule has 0 atom stereocenters. The summed E-state index contributed by atoms with van der Waals surface area (Å²) in [5.74, 6) is 0.518. The van der Waals surface area contributed by atoms with Gasteiger partial charge in [0.2, 0.25) is 0 Å². The van der Waals surface area contributed by atoms with Crippen LogP contribution in [0.4, 0.5) is 17.1 Å². The maximum absolute atomic E-state index is 7.38. The largest absolute Gasteiger partial charge is 0.454 e. The second-order valence-corrected chi connectivity index (χ2v) is 19.7. The molecule has 2 heteroatoms. The van der Waals surface area contributed by atoms with Crippen molar-refractivity contribution in [2.45, 2.75) is 62.7 Å². The SMILES string of the molecule is CC1(C)c2ccccc2-c2ccc(N(c3cccc4c3-c3ccccc3C43c4ccccc4-c4ccccc4-c4ccccc43)c3cccc4c3oc3c(C5CCCCC5)cccc34)cc21. The summed E-state index contributed by atoms with van der Waals surface area (Å²) in [7, 11) is 0. The molecule has 66 heavy (non-hydrogen) atoms. The molecular weight excluding hydrogens is 799 g/mol. The monoisotopic (exact) mass is 847 g/mol. The highest BCUT2D eigenvalue weighted by Crippen LogP contribution is 2.64. The van der Waals surface area contributed by atoms with E-state index in [0.717, 1.165) is 33.6 Å². The zero-order valence-corrected chi connectivity index (χ0v) is 37.4. The first-order chi connectivity index (χ1) is 32.5. The number of hydrogen-bond acceptors (Lipinski definition) is 2.